The van der Waals surface area contributed by atoms with Gasteiger partial charge >= 0.3 is 12.0 Å². The van der Waals surface area contributed by atoms with Crippen molar-refractivity contribution in [1.82, 2.24) is 15.8 Å². The van der Waals surface area contributed by atoms with E-state index in [0.717, 1.165) is 0 Å². The van der Waals surface area contributed by atoms with Crippen LogP contribution in [0, 0.1) is 0 Å². The number of halogens is 1. The molecule has 20 heavy (non-hydrogen) atoms. The number of ether oxygens (including phenoxy) is 1. The zero-order chi connectivity index (χ0) is 15.1. The minimum absolute atomic E-state index is 0.0277. The number of hydrogen-bond acceptors (Lipinski definition) is 5. The quantitative estimate of drug-likeness (QED) is 0.571. The highest BCUT2D eigenvalue weighted by Gasteiger charge is 2.16. The molecule has 0 saturated carbocycles. The van der Waals surface area contributed by atoms with Crippen LogP contribution in [0.4, 0.5) is 10.6 Å². The molecule has 1 aromatic heterocycles. The van der Waals surface area contributed by atoms with Gasteiger partial charge in [0.1, 0.15) is 0 Å². The largest absolute Gasteiger partial charge is 0.462 e. The summed E-state index contributed by atoms with van der Waals surface area (Å²) in [6.07, 6.45) is 1.30. The second-order valence-electron chi connectivity index (χ2n) is 3.50. The number of amides is 3. The maximum atomic E-state index is 11.6. The Morgan fingerprint density at radius 2 is 2.05 bits per heavy atom. The summed E-state index contributed by atoms with van der Waals surface area (Å²) >= 11 is 5.95. The molecule has 0 spiro atoms. The Morgan fingerprint density at radius 3 is 2.65 bits per heavy atom. The Kier molecular flexibility index (Phi) is 5.73. The standard InChI is InChI=1S/C11H13ClN4O4/c1-3-20-10(18)7-4-5-13-9(8(7)12)14-11(19)16-15-6(2)17/h4-5H,3H2,1-2H3,(H,15,17)(H2,13,14,16,19). The Bertz CT molecular complexity index is 535. The zero-order valence-electron chi connectivity index (χ0n) is 10.8. The van der Waals surface area contributed by atoms with Crippen molar-refractivity contribution in [3.63, 3.8) is 0 Å². The molecule has 0 bridgehead atoms. The maximum Gasteiger partial charge on any atom is 0.339 e. The first kappa shape index (κ1) is 15.7. The molecule has 108 valence electrons. The Labute approximate surface area is 119 Å². The number of hydrazine groups is 1. The first-order valence-corrected chi connectivity index (χ1v) is 5.98. The summed E-state index contributed by atoms with van der Waals surface area (Å²) in [6, 6.07) is 0.618. The van der Waals surface area contributed by atoms with Crippen LogP contribution < -0.4 is 16.2 Å². The minimum atomic E-state index is -0.754. The molecule has 0 aliphatic rings. The SMILES string of the molecule is CCOC(=O)c1ccnc(NC(=O)NNC(C)=O)c1Cl. The van der Waals surface area contributed by atoms with Crippen LogP contribution in [-0.4, -0.2) is 29.5 Å². The molecule has 0 atom stereocenters. The highest BCUT2D eigenvalue weighted by atomic mass is 35.5. The van der Waals surface area contributed by atoms with Gasteiger partial charge in [-0.1, -0.05) is 11.6 Å². The van der Waals surface area contributed by atoms with Crippen LogP contribution in [0.25, 0.3) is 0 Å². The second-order valence-corrected chi connectivity index (χ2v) is 3.88. The van der Waals surface area contributed by atoms with Crippen LogP contribution in [0.15, 0.2) is 12.3 Å². The van der Waals surface area contributed by atoms with Crippen LogP contribution in [-0.2, 0) is 9.53 Å². The predicted molar refractivity (Wildman–Crippen MR) is 71.2 cm³/mol. The number of anilines is 1. The summed E-state index contributed by atoms with van der Waals surface area (Å²) in [6.45, 7) is 3.09. The van der Waals surface area contributed by atoms with E-state index in [0.29, 0.717) is 0 Å². The third-order valence-corrected chi connectivity index (χ3v) is 2.35. The Hall–Kier alpha value is -2.35. The van der Waals surface area contributed by atoms with E-state index in [9.17, 15) is 14.4 Å². The zero-order valence-corrected chi connectivity index (χ0v) is 11.6. The van der Waals surface area contributed by atoms with Crippen molar-refractivity contribution in [2.75, 3.05) is 11.9 Å². The van der Waals surface area contributed by atoms with Gasteiger partial charge in [0, 0.05) is 13.1 Å². The predicted octanol–water partition coefficient (Wildman–Crippen LogP) is 1.08. The third kappa shape index (κ3) is 4.39. The van der Waals surface area contributed by atoms with Crippen molar-refractivity contribution in [3.05, 3.63) is 22.8 Å². The minimum Gasteiger partial charge on any atom is -0.462 e. The highest BCUT2D eigenvalue weighted by Crippen LogP contribution is 2.24. The molecule has 0 radical (unpaired) electrons. The molecule has 0 fully saturated rings. The number of hydrogen-bond donors (Lipinski definition) is 3. The molecular weight excluding hydrogens is 288 g/mol. The van der Waals surface area contributed by atoms with Gasteiger partial charge in [-0.25, -0.2) is 20.0 Å². The fourth-order valence-corrected chi connectivity index (χ4v) is 1.42. The summed E-state index contributed by atoms with van der Waals surface area (Å²) in [4.78, 5) is 37.5. The van der Waals surface area contributed by atoms with Crippen LogP contribution >= 0.6 is 11.6 Å². The molecule has 0 aliphatic heterocycles. The lowest BCUT2D eigenvalue weighted by molar-refractivity contribution is -0.119. The van der Waals surface area contributed by atoms with E-state index in [-0.39, 0.29) is 23.0 Å². The van der Waals surface area contributed by atoms with E-state index in [1.165, 1.54) is 19.2 Å². The fraction of sp³-hybridized carbons (Fsp3) is 0.273. The molecule has 3 amide bonds. The topological polar surface area (TPSA) is 109 Å². The van der Waals surface area contributed by atoms with Gasteiger partial charge in [0.15, 0.2) is 5.82 Å². The van der Waals surface area contributed by atoms with Gasteiger partial charge in [-0.3, -0.25) is 15.5 Å². The molecule has 1 aromatic rings. The van der Waals surface area contributed by atoms with Crippen molar-refractivity contribution >= 4 is 35.3 Å². The molecule has 3 N–H and O–H groups in total. The number of nitrogens with zero attached hydrogens (tertiary/aromatic N) is 1. The van der Waals surface area contributed by atoms with Gasteiger partial charge < -0.3 is 4.74 Å². The van der Waals surface area contributed by atoms with Gasteiger partial charge in [0.05, 0.1) is 17.2 Å². The van der Waals surface area contributed by atoms with Crippen molar-refractivity contribution in [3.8, 4) is 0 Å². The van der Waals surface area contributed by atoms with Gasteiger partial charge in [-0.15, -0.1) is 0 Å². The average molecular weight is 301 g/mol. The Balaban J connectivity index is 2.81. The van der Waals surface area contributed by atoms with E-state index >= 15 is 0 Å². The third-order valence-electron chi connectivity index (χ3n) is 1.97. The van der Waals surface area contributed by atoms with Gasteiger partial charge in [-0.2, -0.15) is 0 Å². The molecule has 1 rings (SSSR count). The van der Waals surface area contributed by atoms with Crippen molar-refractivity contribution in [2.24, 2.45) is 0 Å². The fourth-order valence-electron chi connectivity index (χ4n) is 1.18. The molecule has 0 aliphatic carbocycles. The first-order chi connectivity index (χ1) is 9.45. The molecule has 9 heteroatoms. The summed E-state index contributed by atoms with van der Waals surface area (Å²) < 4.78 is 4.81. The van der Waals surface area contributed by atoms with Gasteiger partial charge in [-0.05, 0) is 13.0 Å². The number of aromatic nitrogens is 1. The number of esters is 1. The number of rotatable bonds is 3. The summed E-state index contributed by atoms with van der Waals surface area (Å²) in [5.74, 6) is -1.09. The summed E-state index contributed by atoms with van der Waals surface area (Å²) in [5.41, 5.74) is 4.23. The van der Waals surface area contributed by atoms with Crippen molar-refractivity contribution in [2.45, 2.75) is 13.8 Å². The summed E-state index contributed by atoms with van der Waals surface area (Å²) in [7, 11) is 0. The number of nitrogens with one attached hydrogen (secondary N) is 3. The van der Waals surface area contributed by atoms with Crippen LogP contribution in [0.2, 0.25) is 5.02 Å². The van der Waals surface area contributed by atoms with E-state index in [4.69, 9.17) is 16.3 Å². The van der Waals surface area contributed by atoms with Gasteiger partial charge in [0.25, 0.3) is 0 Å². The average Bonchev–Trinajstić information content (AvgIpc) is 2.39. The molecule has 0 unspecified atom stereocenters. The van der Waals surface area contributed by atoms with Crippen LogP contribution in [0.1, 0.15) is 24.2 Å². The van der Waals surface area contributed by atoms with E-state index < -0.39 is 17.9 Å². The van der Waals surface area contributed by atoms with Crippen molar-refractivity contribution in [1.29, 1.82) is 0 Å². The van der Waals surface area contributed by atoms with E-state index in [1.54, 1.807) is 6.92 Å². The molecule has 1 heterocycles. The number of urea groups is 1. The molecular formula is C11H13ClN4O4. The van der Waals surface area contributed by atoms with Crippen LogP contribution in [0.5, 0.6) is 0 Å². The number of pyridine rings is 1. The number of carbonyl (C=O) groups is 3. The second kappa shape index (κ2) is 7.29. The lowest BCUT2D eigenvalue weighted by Crippen LogP contribution is -2.43. The van der Waals surface area contributed by atoms with Gasteiger partial charge in [0.2, 0.25) is 5.91 Å². The van der Waals surface area contributed by atoms with E-state index in [1.807, 2.05) is 0 Å². The number of carbonyl (C=O) groups excluding carboxylic acids is 3. The Morgan fingerprint density at radius 1 is 1.35 bits per heavy atom. The van der Waals surface area contributed by atoms with E-state index in [2.05, 4.69) is 21.2 Å². The molecule has 0 aromatic carbocycles. The highest BCUT2D eigenvalue weighted by molar-refractivity contribution is 6.36. The smallest absolute Gasteiger partial charge is 0.339 e. The van der Waals surface area contributed by atoms with Crippen LogP contribution in [0.3, 0.4) is 0 Å². The molecule has 8 nitrogen and oxygen atoms in total. The lowest BCUT2D eigenvalue weighted by atomic mass is 10.2. The normalized spacial score (nSPS) is 9.55. The molecule has 0 saturated heterocycles. The first-order valence-electron chi connectivity index (χ1n) is 5.61. The monoisotopic (exact) mass is 300 g/mol. The lowest BCUT2D eigenvalue weighted by Gasteiger charge is -2.10. The van der Waals surface area contributed by atoms with Crippen molar-refractivity contribution < 1.29 is 19.1 Å². The summed E-state index contributed by atoms with van der Waals surface area (Å²) in [5, 5.41) is 2.24. The maximum absolute atomic E-state index is 11.6.